The van der Waals surface area contributed by atoms with Crippen molar-refractivity contribution >= 4 is 10.9 Å². The van der Waals surface area contributed by atoms with Crippen LogP contribution in [0, 0.1) is 11.8 Å². The number of nitrogens with zero attached hydrogens (tertiary/aromatic N) is 2. The van der Waals surface area contributed by atoms with Crippen molar-refractivity contribution in [1.82, 2.24) is 9.88 Å². The average Bonchev–Trinajstić information content (AvgIpc) is 2.66. The number of aliphatic hydroxyl groups is 1. The highest BCUT2D eigenvalue weighted by atomic mass is 16.5. The van der Waals surface area contributed by atoms with Gasteiger partial charge in [-0.15, -0.1) is 6.58 Å². The van der Waals surface area contributed by atoms with E-state index in [1.54, 1.807) is 13.3 Å². The summed E-state index contributed by atoms with van der Waals surface area (Å²) in [5.74, 6) is 2.01. The van der Waals surface area contributed by atoms with Gasteiger partial charge in [0.15, 0.2) is 0 Å². The van der Waals surface area contributed by atoms with Gasteiger partial charge in [-0.1, -0.05) is 6.08 Å². The van der Waals surface area contributed by atoms with E-state index < -0.39 is 6.10 Å². The van der Waals surface area contributed by atoms with E-state index in [2.05, 4.69) is 22.5 Å². The SMILES string of the molecule is C=C[C@H]1CN2CCC1CC2C(O)c1ccnc2ccc(OC)cc12. The van der Waals surface area contributed by atoms with E-state index in [-0.39, 0.29) is 6.04 Å². The topological polar surface area (TPSA) is 45.6 Å². The van der Waals surface area contributed by atoms with Crippen LogP contribution < -0.4 is 4.74 Å². The third kappa shape index (κ3) is 2.50. The number of aromatic nitrogens is 1. The zero-order valence-electron chi connectivity index (χ0n) is 14.1. The van der Waals surface area contributed by atoms with Crippen LogP contribution in [0.5, 0.6) is 5.75 Å². The Morgan fingerprint density at radius 1 is 1.42 bits per heavy atom. The summed E-state index contributed by atoms with van der Waals surface area (Å²) in [5, 5.41) is 12.1. The van der Waals surface area contributed by atoms with Crippen molar-refractivity contribution in [2.75, 3.05) is 20.2 Å². The summed E-state index contributed by atoms with van der Waals surface area (Å²) >= 11 is 0. The van der Waals surface area contributed by atoms with Crippen LogP contribution in [0.2, 0.25) is 0 Å². The number of aliphatic hydroxyl groups excluding tert-OH is 1. The van der Waals surface area contributed by atoms with E-state index >= 15 is 0 Å². The first kappa shape index (κ1) is 15.6. The van der Waals surface area contributed by atoms with Crippen LogP contribution in [0.4, 0.5) is 0 Å². The van der Waals surface area contributed by atoms with Gasteiger partial charge in [0.1, 0.15) is 5.75 Å². The molecule has 2 bridgehead atoms. The molecule has 3 aliphatic rings. The molecule has 3 aliphatic heterocycles. The van der Waals surface area contributed by atoms with Gasteiger partial charge >= 0.3 is 0 Å². The second kappa shape index (κ2) is 6.19. The first-order valence-corrected chi connectivity index (χ1v) is 8.68. The molecule has 5 atom stereocenters. The minimum atomic E-state index is -0.504. The monoisotopic (exact) mass is 324 g/mol. The Morgan fingerprint density at radius 3 is 3.00 bits per heavy atom. The summed E-state index contributed by atoms with van der Waals surface area (Å²) in [6.07, 6.45) is 5.62. The quantitative estimate of drug-likeness (QED) is 0.878. The molecule has 5 rings (SSSR count). The normalized spacial score (nSPS) is 30.2. The summed E-state index contributed by atoms with van der Waals surface area (Å²) in [4.78, 5) is 6.86. The van der Waals surface area contributed by atoms with E-state index in [9.17, 15) is 5.11 Å². The van der Waals surface area contributed by atoms with Gasteiger partial charge in [0.25, 0.3) is 0 Å². The fraction of sp³-hybridized carbons (Fsp3) is 0.450. The zero-order chi connectivity index (χ0) is 16.7. The van der Waals surface area contributed by atoms with Crippen LogP contribution in [0.15, 0.2) is 43.1 Å². The maximum Gasteiger partial charge on any atom is 0.119 e. The van der Waals surface area contributed by atoms with Gasteiger partial charge in [-0.05, 0) is 61.1 Å². The number of piperidine rings is 3. The van der Waals surface area contributed by atoms with E-state index in [0.29, 0.717) is 11.8 Å². The predicted molar refractivity (Wildman–Crippen MR) is 95.0 cm³/mol. The maximum absolute atomic E-state index is 11.2. The van der Waals surface area contributed by atoms with Crippen molar-refractivity contribution in [2.24, 2.45) is 11.8 Å². The minimum Gasteiger partial charge on any atom is -0.497 e. The molecule has 24 heavy (non-hydrogen) atoms. The number of benzene rings is 1. The third-order valence-electron chi connectivity index (χ3n) is 5.82. The molecule has 0 radical (unpaired) electrons. The fourth-order valence-electron chi connectivity index (χ4n) is 4.44. The molecule has 126 valence electrons. The maximum atomic E-state index is 11.2. The number of rotatable bonds is 4. The second-order valence-electron chi connectivity index (χ2n) is 6.97. The molecule has 0 aliphatic carbocycles. The van der Waals surface area contributed by atoms with Crippen LogP contribution in [0.1, 0.15) is 24.5 Å². The number of hydrogen-bond acceptors (Lipinski definition) is 4. The van der Waals surface area contributed by atoms with Crippen molar-refractivity contribution in [1.29, 1.82) is 0 Å². The van der Waals surface area contributed by atoms with E-state index in [4.69, 9.17) is 4.74 Å². The molecule has 0 saturated carbocycles. The fourth-order valence-corrected chi connectivity index (χ4v) is 4.44. The molecule has 0 spiro atoms. The van der Waals surface area contributed by atoms with Crippen molar-refractivity contribution < 1.29 is 9.84 Å². The number of pyridine rings is 1. The molecular formula is C20H24N2O2. The average molecular weight is 324 g/mol. The summed E-state index contributed by atoms with van der Waals surface area (Å²) in [6, 6.07) is 7.96. The second-order valence-corrected chi connectivity index (χ2v) is 6.97. The smallest absolute Gasteiger partial charge is 0.119 e. The molecule has 1 N–H and O–H groups in total. The first-order valence-electron chi connectivity index (χ1n) is 8.68. The largest absolute Gasteiger partial charge is 0.497 e. The highest BCUT2D eigenvalue weighted by Crippen LogP contribution is 2.42. The Labute approximate surface area is 142 Å². The van der Waals surface area contributed by atoms with Gasteiger partial charge in [-0.2, -0.15) is 0 Å². The lowest BCUT2D eigenvalue weighted by Crippen LogP contribution is -2.54. The van der Waals surface area contributed by atoms with Crippen LogP contribution in [-0.2, 0) is 0 Å². The Balaban J connectivity index is 1.69. The first-order chi connectivity index (χ1) is 11.7. The van der Waals surface area contributed by atoms with E-state index in [0.717, 1.165) is 41.7 Å². The lowest BCUT2D eigenvalue weighted by Gasteiger charge is -2.50. The van der Waals surface area contributed by atoms with Crippen molar-refractivity contribution in [3.05, 3.63) is 48.7 Å². The molecular weight excluding hydrogens is 300 g/mol. The molecule has 4 unspecified atom stereocenters. The summed E-state index contributed by atoms with van der Waals surface area (Å²) in [7, 11) is 1.66. The van der Waals surface area contributed by atoms with Gasteiger partial charge < -0.3 is 9.84 Å². The molecule has 3 fully saturated rings. The Morgan fingerprint density at radius 2 is 2.29 bits per heavy atom. The van der Waals surface area contributed by atoms with Crippen LogP contribution in [-0.4, -0.2) is 41.2 Å². The summed E-state index contributed by atoms with van der Waals surface area (Å²) in [5.41, 5.74) is 1.85. The van der Waals surface area contributed by atoms with Crippen LogP contribution in [0.25, 0.3) is 10.9 Å². The number of methoxy groups -OCH3 is 1. The Bertz CT molecular complexity index is 760. The standard InChI is InChI=1S/C20H24N2O2/c1-3-13-12-22-9-7-14(13)10-19(22)20(23)16-6-8-21-18-5-4-15(24-2)11-17(16)18/h3-6,8,11,13-14,19-20,23H,1,7,9-10,12H2,2H3/t13-,14?,19?,20?/m0/s1. The number of hydrogen-bond donors (Lipinski definition) is 1. The van der Waals surface area contributed by atoms with Gasteiger partial charge in [-0.25, -0.2) is 0 Å². The van der Waals surface area contributed by atoms with Crippen molar-refractivity contribution in [3.63, 3.8) is 0 Å². The molecule has 0 amide bonds. The molecule has 4 heterocycles. The Hall–Kier alpha value is -1.91. The molecule has 1 aromatic heterocycles. The van der Waals surface area contributed by atoms with Gasteiger partial charge in [0.05, 0.1) is 18.7 Å². The molecule has 2 aromatic rings. The summed E-state index contributed by atoms with van der Waals surface area (Å²) < 4.78 is 5.35. The Kier molecular flexibility index (Phi) is 4.02. The van der Waals surface area contributed by atoms with Gasteiger partial charge in [-0.3, -0.25) is 9.88 Å². The third-order valence-corrected chi connectivity index (χ3v) is 5.82. The molecule has 4 nitrogen and oxygen atoms in total. The van der Waals surface area contributed by atoms with Gasteiger partial charge in [0.2, 0.25) is 0 Å². The highest BCUT2D eigenvalue weighted by Gasteiger charge is 2.42. The minimum absolute atomic E-state index is 0.178. The molecule has 3 saturated heterocycles. The van der Waals surface area contributed by atoms with Crippen molar-refractivity contribution in [3.8, 4) is 5.75 Å². The van der Waals surface area contributed by atoms with Crippen molar-refractivity contribution in [2.45, 2.75) is 25.0 Å². The van der Waals surface area contributed by atoms with Gasteiger partial charge in [0, 0.05) is 24.2 Å². The highest BCUT2D eigenvalue weighted by molar-refractivity contribution is 5.83. The van der Waals surface area contributed by atoms with Crippen LogP contribution in [0.3, 0.4) is 0 Å². The predicted octanol–water partition coefficient (Wildman–Crippen LogP) is 3.17. The molecule has 1 aromatic carbocycles. The lowest BCUT2D eigenvalue weighted by atomic mass is 9.73. The summed E-state index contributed by atoms with van der Waals surface area (Å²) in [6.45, 7) is 6.07. The number of fused-ring (bicyclic) bond motifs is 4. The van der Waals surface area contributed by atoms with Crippen LogP contribution >= 0.6 is 0 Å². The lowest BCUT2D eigenvalue weighted by molar-refractivity contribution is -0.0444. The van der Waals surface area contributed by atoms with E-state index in [1.165, 1.54) is 6.42 Å². The zero-order valence-corrected chi connectivity index (χ0v) is 14.1. The van der Waals surface area contributed by atoms with E-state index in [1.807, 2.05) is 24.3 Å². The molecule has 4 heteroatoms. The number of ether oxygens (including phenoxy) is 1.